The average molecular weight is 307 g/mol. The van der Waals surface area contributed by atoms with Crippen molar-refractivity contribution in [2.45, 2.75) is 91.0 Å². The molecule has 0 spiro atoms. The summed E-state index contributed by atoms with van der Waals surface area (Å²) >= 11 is 0. The Balaban J connectivity index is -0.00000180. The first-order valence-corrected chi connectivity index (χ1v) is 8.32. The second-order valence-corrected chi connectivity index (χ2v) is 6.08. The second-order valence-electron chi connectivity index (χ2n) is 6.08. The van der Waals surface area contributed by atoms with Gasteiger partial charge in [0.2, 0.25) is 0 Å². The van der Waals surface area contributed by atoms with E-state index in [1.54, 1.807) is 0 Å². The molecule has 0 aliphatic rings. The molecular weight excluding hydrogens is 273 g/mol. The zero-order valence-electron chi connectivity index (χ0n) is 15.6. The van der Waals surface area contributed by atoms with Gasteiger partial charge in [-0.25, -0.2) is 4.79 Å². The van der Waals surface area contributed by atoms with Gasteiger partial charge in [-0.15, -0.1) is 0 Å². The van der Waals surface area contributed by atoms with Gasteiger partial charge in [-0.05, 0) is 31.4 Å². The molecule has 0 aromatic heterocycles. The van der Waals surface area contributed by atoms with Crippen molar-refractivity contribution >= 4 is 12.2 Å². The Bertz CT molecular complexity index is 273. The zero-order valence-corrected chi connectivity index (χ0v) is 16.6. The quantitative estimate of drug-likeness (QED) is 0.322. The van der Waals surface area contributed by atoms with Gasteiger partial charge < -0.3 is 6.53 Å². The van der Waals surface area contributed by atoms with Crippen LogP contribution in [0.25, 0.3) is 0 Å². The van der Waals surface area contributed by atoms with Gasteiger partial charge in [0.1, 0.15) is 6.04 Å². The van der Waals surface area contributed by atoms with Crippen LogP contribution in [-0.4, -0.2) is 23.3 Å². The third-order valence-electron chi connectivity index (χ3n) is 3.45. The molecule has 0 aliphatic carbocycles. The van der Waals surface area contributed by atoms with Gasteiger partial charge in [0.15, 0.2) is 0 Å². The molecule has 120 valence electrons. The van der Waals surface area contributed by atoms with Crippen molar-refractivity contribution in [2.75, 3.05) is 0 Å². The van der Waals surface area contributed by atoms with Crippen LogP contribution >= 0.6 is 0 Å². The van der Waals surface area contributed by atoms with E-state index in [-0.39, 0.29) is 31.0 Å². The molecule has 0 saturated heterocycles. The largest absolute Gasteiger partial charge is 1.00 e. The van der Waals surface area contributed by atoms with Crippen LogP contribution in [0.4, 0.5) is 0 Å². The van der Waals surface area contributed by atoms with Gasteiger partial charge in [-0.3, -0.25) is 4.99 Å². The number of aliphatic imine (C=N–C) groups is 1. The first-order chi connectivity index (χ1) is 9.57. The predicted octanol–water partition coefficient (Wildman–Crippen LogP) is 2.20. The summed E-state index contributed by atoms with van der Waals surface area (Å²) in [6.07, 6.45) is 13.7. The van der Waals surface area contributed by atoms with Gasteiger partial charge in [-0.1, -0.05) is 65.7 Å². The molecule has 0 aromatic carbocycles. The number of unbranched alkanes of at least 4 members (excludes halogenated alkanes) is 8. The Kier molecular flexibility index (Phi) is 18.4. The molecule has 0 amide bonds. The van der Waals surface area contributed by atoms with Gasteiger partial charge in [-0.2, -0.15) is 0 Å². The van der Waals surface area contributed by atoms with Gasteiger partial charge in [0.05, 0.1) is 0 Å². The molecule has 0 aliphatic heterocycles. The number of rotatable bonds is 13. The van der Waals surface area contributed by atoms with E-state index in [1.807, 2.05) is 20.1 Å². The fourth-order valence-electron chi connectivity index (χ4n) is 2.24. The van der Waals surface area contributed by atoms with Gasteiger partial charge in [0.25, 0.3) is 0 Å². The molecule has 1 N–H and O–H groups in total. The molecule has 1 atom stereocenters. The van der Waals surface area contributed by atoms with Crippen molar-refractivity contribution in [2.24, 2.45) is 10.9 Å². The van der Waals surface area contributed by atoms with Crippen LogP contribution < -0.4 is 29.6 Å². The average Bonchev–Trinajstić information content (AvgIpc) is 2.39. The number of carboxylic acid groups (broad SMARTS) is 1. The summed E-state index contributed by atoms with van der Waals surface area (Å²) < 4.78 is 0. The van der Waals surface area contributed by atoms with E-state index in [0.717, 1.165) is 12.8 Å². The van der Waals surface area contributed by atoms with Crippen LogP contribution in [0.15, 0.2) is 4.99 Å². The third kappa shape index (κ3) is 16.3. The standard InChI is InChI=1S/C17H33NO2.Na.H/c1-4-5-6-7-8-9-10-11-12-13-18-16(17(19)20)14-15(2)3;;/h13,15-16H,4-12,14H2,1-3H3,(H,19,20);;/q;+1;-1/t16-;;/m0../s1. The molecular formula is C17H34NNaO2. The summed E-state index contributed by atoms with van der Waals surface area (Å²) in [5.74, 6) is -0.428. The summed E-state index contributed by atoms with van der Waals surface area (Å²) in [4.78, 5) is 15.2. The van der Waals surface area contributed by atoms with Gasteiger partial charge in [0, 0.05) is 0 Å². The van der Waals surface area contributed by atoms with Crippen molar-refractivity contribution in [3.8, 4) is 0 Å². The van der Waals surface area contributed by atoms with Crippen LogP contribution in [0.3, 0.4) is 0 Å². The minimum Gasteiger partial charge on any atom is -1.00 e. The number of hydrogen-bond acceptors (Lipinski definition) is 2. The fraction of sp³-hybridized carbons (Fsp3) is 0.882. The minimum atomic E-state index is -0.800. The predicted molar refractivity (Wildman–Crippen MR) is 87.7 cm³/mol. The van der Waals surface area contributed by atoms with E-state index in [0.29, 0.717) is 12.3 Å². The Hall–Kier alpha value is 0.140. The minimum absolute atomic E-state index is 0. The Labute approximate surface area is 154 Å². The molecule has 0 rings (SSSR count). The zero-order chi connectivity index (χ0) is 15.2. The van der Waals surface area contributed by atoms with E-state index in [9.17, 15) is 4.79 Å². The van der Waals surface area contributed by atoms with Crippen molar-refractivity contribution in [1.29, 1.82) is 0 Å². The maximum Gasteiger partial charge on any atom is 1.00 e. The topological polar surface area (TPSA) is 49.7 Å². The Morgan fingerprint density at radius 1 is 1.10 bits per heavy atom. The molecule has 0 fully saturated rings. The molecule has 0 bridgehead atoms. The summed E-state index contributed by atoms with van der Waals surface area (Å²) in [6, 6.07) is -0.552. The first-order valence-electron chi connectivity index (χ1n) is 8.32. The fourth-order valence-corrected chi connectivity index (χ4v) is 2.24. The maximum absolute atomic E-state index is 11.0. The van der Waals surface area contributed by atoms with Crippen molar-refractivity contribution in [1.82, 2.24) is 0 Å². The molecule has 3 nitrogen and oxygen atoms in total. The van der Waals surface area contributed by atoms with Crippen LogP contribution in [0.1, 0.15) is 86.4 Å². The molecule has 21 heavy (non-hydrogen) atoms. The van der Waals surface area contributed by atoms with E-state index < -0.39 is 12.0 Å². The van der Waals surface area contributed by atoms with E-state index in [4.69, 9.17) is 5.11 Å². The molecule has 4 heteroatoms. The molecule has 0 saturated carbocycles. The van der Waals surface area contributed by atoms with Crippen LogP contribution in [0.2, 0.25) is 0 Å². The smallest absolute Gasteiger partial charge is 1.00 e. The SMILES string of the molecule is CCCCCCCCCCC=N[C@@H](CC(C)C)C(=O)O.[H-].[Na+]. The van der Waals surface area contributed by atoms with Crippen molar-refractivity contribution < 1.29 is 40.9 Å². The maximum atomic E-state index is 11.0. The van der Waals surface area contributed by atoms with E-state index >= 15 is 0 Å². The van der Waals surface area contributed by atoms with Crippen molar-refractivity contribution in [3.05, 3.63) is 0 Å². The Morgan fingerprint density at radius 3 is 2.10 bits per heavy atom. The monoisotopic (exact) mass is 307 g/mol. The summed E-state index contributed by atoms with van der Waals surface area (Å²) in [5, 5.41) is 9.05. The number of carboxylic acids is 1. The molecule has 0 heterocycles. The number of nitrogens with zero attached hydrogens (tertiary/aromatic N) is 1. The number of carbonyl (C=O) groups is 1. The van der Waals surface area contributed by atoms with Crippen molar-refractivity contribution in [3.63, 3.8) is 0 Å². The summed E-state index contributed by atoms with van der Waals surface area (Å²) in [7, 11) is 0. The summed E-state index contributed by atoms with van der Waals surface area (Å²) in [5.41, 5.74) is 0. The second kappa shape index (κ2) is 16.5. The number of hydrogen-bond donors (Lipinski definition) is 1. The van der Waals surface area contributed by atoms with Gasteiger partial charge >= 0.3 is 35.5 Å². The van der Waals surface area contributed by atoms with E-state index in [1.165, 1.54) is 44.9 Å². The van der Waals surface area contributed by atoms with Crippen LogP contribution in [-0.2, 0) is 4.79 Å². The van der Waals surface area contributed by atoms with E-state index in [2.05, 4.69) is 11.9 Å². The Morgan fingerprint density at radius 2 is 1.62 bits per heavy atom. The van der Waals surface area contributed by atoms with Crippen LogP contribution in [0, 0.1) is 5.92 Å². The normalized spacial score (nSPS) is 12.6. The summed E-state index contributed by atoms with van der Waals surface area (Å²) in [6.45, 7) is 6.30. The molecule has 0 aromatic rings. The first kappa shape index (κ1) is 23.4. The third-order valence-corrected chi connectivity index (χ3v) is 3.45. The molecule has 0 radical (unpaired) electrons. The number of aliphatic carboxylic acids is 1. The van der Waals surface area contributed by atoms with Crippen LogP contribution in [0.5, 0.6) is 0 Å². The molecule has 0 unspecified atom stereocenters.